The normalized spacial score (nSPS) is 11.8. The summed E-state index contributed by atoms with van der Waals surface area (Å²) in [5.41, 5.74) is 6.12. The molecule has 24 heavy (non-hydrogen) atoms. The number of carbonyl (C=O) groups excluding carboxylic acids is 1. The maximum Gasteiger partial charge on any atom is 0.269 e. The van der Waals surface area contributed by atoms with Crippen LogP contribution in [0.5, 0.6) is 11.5 Å². The number of rotatable bonds is 2. The summed E-state index contributed by atoms with van der Waals surface area (Å²) < 4.78 is 10.4. The third-order valence-corrected chi connectivity index (χ3v) is 3.82. The molecule has 0 saturated heterocycles. The van der Waals surface area contributed by atoms with Gasteiger partial charge in [-0.15, -0.1) is 0 Å². The second kappa shape index (κ2) is 7.12. The van der Waals surface area contributed by atoms with E-state index in [4.69, 9.17) is 44.9 Å². The molecular weight excluding hydrogens is 373 g/mol. The van der Waals surface area contributed by atoms with Crippen LogP contribution in [-0.4, -0.2) is 17.8 Å². The summed E-state index contributed by atoms with van der Waals surface area (Å²) in [5.74, 6) is 0.436. The van der Waals surface area contributed by atoms with Crippen LogP contribution in [0.3, 0.4) is 0 Å². The second-order valence-corrected chi connectivity index (χ2v) is 5.98. The molecular formula is C15H11Cl2N3O3S. The molecule has 3 rings (SSSR count). The molecule has 0 atom stereocenters. The van der Waals surface area contributed by atoms with Gasteiger partial charge in [-0.1, -0.05) is 23.2 Å². The van der Waals surface area contributed by atoms with Gasteiger partial charge >= 0.3 is 0 Å². The van der Waals surface area contributed by atoms with E-state index in [-0.39, 0.29) is 11.9 Å². The Bertz CT molecular complexity index is 799. The van der Waals surface area contributed by atoms with Crippen LogP contribution in [0.1, 0.15) is 10.4 Å². The molecule has 124 valence electrons. The molecule has 1 aliphatic rings. The summed E-state index contributed by atoms with van der Waals surface area (Å²) in [5, 5.41) is 4.05. The summed E-state index contributed by atoms with van der Waals surface area (Å²) >= 11 is 17.0. The van der Waals surface area contributed by atoms with Crippen molar-refractivity contribution in [3.63, 3.8) is 0 Å². The first-order chi connectivity index (χ1) is 11.5. The van der Waals surface area contributed by atoms with Crippen LogP contribution >= 0.6 is 35.4 Å². The average molecular weight is 384 g/mol. The number of fused-ring (bicyclic) bond motifs is 1. The number of thiocarbonyl (C=S) groups is 1. The number of hydrogen-bond donors (Lipinski definition) is 3. The van der Waals surface area contributed by atoms with E-state index in [1.54, 1.807) is 30.3 Å². The first-order valence-corrected chi connectivity index (χ1v) is 7.91. The van der Waals surface area contributed by atoms with Crippen molar-refractivity contribution in [3.8, 4) is 11.5 Å². The van der Waals surface area contributed by atoms with Gasteiger partial charge in [0.15, 0.2) is 16.6 Å². The minimum absolute atomic E-state index is 0.0769. The number of carbonyl (C=O) groups is 1. The van der Waals surface area contributed by atoms with Crippen LogP contribution in [-0.2, 0) is 0 Å². The fraction of sp³-hybridized carbons (Fsp3) is 0.0667. The van der Waals surface area contributed by atoms with Crippen molar-refractivity contribution >= 4 is 52.1 Å². The standard InChI is InChI=1S/C15H11Cl2N3O3S/c16-9-1-3-10(4-2-9)18-15(24)20-19-14(21)8-5-11(17)13-12(6-8)22-7-23-13/h1-6H,7H2,(H,19,21)(H2,18,20,24). The van der Waals surface area contributed by atoms with Crippen LogP contribution < -0.4 is 25.6 Å². The maximum atomic E-state index is 12.2. The average Bonchev–Trinajstić information content (AvgIpc) is 3.04. The molecule has 0 saturated carbocycles. The van der Waals surface area contributed by atoms with E-state index in [9.17, 15) is 4.79 Å². The van der Waals surface area contributed by atoms with Crippen LogP contribution in [0, 0.1) is 0 Å². The van der Waals surface area contributed by atoms with Crippen molar-refractivity contribution in [2.75, 3.05) is 12.1 Å². The number of benzene rings is 2. The molecule has 0 radical (unpaired) electrons. The van der Waals surface area contributed by atoms with Crippen molar-refractivity contribution < 1.29 is 14.3 Å². The Balaban J connectivity index is 1.58. The van der Waals surface area contributed by atoms with Gasteiger partial charge in [-0.2, -0.15) is 0 Å². The lowest BCUT2D eigenvalue weighted by atomic mass is 10.2. The molecule has 3 N–H and O–H groups in total. The SMILES string of the molecule is O=C(NNC(=S)Nc1ccc(Cl)cc1)c1cc(Cl)c2c(c1)OCO2. The van der Waals surface area contributed by atoms with Crippen molar-refractivity contribution in [1.82, 2.24) is 10.9 Å². The predicted octanol–water partition coefficient (Wildman–Crippen LogP) is 3.35. The Labute approximate surface area is 153 Å². The van der Waals surface area contributed by atoms with Crippen LogP contribution in [0.2, 0.25) is 10.0 Å². The summed E-state index contributed by atoms with van der Waals surface area (Å²) in [6.45, 7) is 0.0769. The lowest BCUT2D eigenvalue weighted by Crippen LogP contribution is -2.43. The molecule has 2 aromatic carbocycles. The smallest absolute Gasteiger partial charge is 0.269 e. The van der Waals surface area contributed by atoms with Gasteiger partial charge in [0.1, 0.15) is 0 Å². The molecule has 1 aliphatic heterocycles. The van der Waals surface area contributed by atoms with Gasteiger partial charge in [-0.3, -0.25) is 15.6 Å². The molecule has 0 bridgehead atoms. The van der Waals surface area contributed by atoms with Gasteiger partial charge in [0.05, 0.1) is 5.02 Å². The fourth-order valence-electron chi connectivity index (χ4n) is 1.98. The van der Waals surface area contributed by atoms with Crippen molar-refractivity contribution in [2.45, 2.75) is 0 Å². The number of hydrazine groups is 1. The van der Waals surface area contributed by atoms with Crippen molar-refractivity contribution in [2.24, 2.45) is 0 Å². The van der Waals surface area contributed by atoms with E-state index in [2.05, 4.69) is 16.2 Å². The highest BCUT2D eigenvalue weighted by Crippen LogP contribution is 2.39. The van der Waals surface area contributed by atoms with E-state index >= 15 is 0 Å². The van der Waals surface area contributed by atoms with Gasteiger partial charge < -0.3 is 14.8 Å². The van der Waals surface area contributed by atoms with E-state index < -0.39 is 5.91 Å². The lowest BCUT2D eigenvalue weighted by Gasteiger charge is -2.12. The summed E-state index contributed by atoms with van der Waals surface area (Å²) in [6.07, 6.45) is 0. The third-order valence-electron chi connectivity index (χ3n) is 3.08. The van der Waals surface area contributed by atoms with E-state index in [0.29, 0.717) is 27.1 Å². The molecule has 0 aliphatic carbocycles. The number of nitrogens with one attached hydrogen (secondary N) is 3. The lowest BCUT2D eigenvalue weighted by molar-refractivity contribution is 0.0943. The largest absolute Gasteiger partial charge is 0.454 e. The molecule has 9 heteroatoms. The first kappa shape index (κ1) is 16.6. The van der Waals surface area contributed by atoms with E-state index in [1.807, 2.05) is 0 Å². The highest BCUT2D eigenvalue weighted by molar-refractivity contribution is 7.80. The number of hydrogen-bond acceptors (Lipinski definition) is 4. The van der Waals surface area contributed by atoms with Crippen LogP contribution in [0.15, 0.2) is 36.4 Å². The van der Waals surface area contributed by atoms with Crippen molar-refractivity contribution in [3.05, 3.63) is 52.0 Å². The predicted molar refractivity (Wildman–Crippen MR) is 95.8 cm³/mol. The highest BCUT2D eigenvalue weighted by Gasteiger charge is 2.20. The number of ether oxygens (including phenoxy) is 2. The summed E-state index contributed by atoms with van der Waals surface area (Å²) in [4.78, 5) is 12.2. The van der Waals surface area contributed by atoms with Crippen molar-refractivity contribution in [1.29, 1.82) is 0 Å². The Morgan fingerprint density at radius 1 is 1.08 bits per heavy atom. The van der Waals surface area contributed by atoms with Crippen LogP contribution in [0.25, 0.3) is 0 Å². The minimum atomic E-state index is -0.421. The number of amides is 1. The molecule has 2 aromatic rings. The quantitative estimate of drug-likeness (QED) is 0.545. The molecule has 6 nitrogen and oxygen atoms in total. The zero-order chi connectivity index (χ0) is 17.1. The highest BCUT2D eigenvalue weighted by atomic mass is 35.5. The van der Waals surface area contributed by atoms with E-state index in [1.165, 1.54) is 6.07 Å². The summed E-state index contributed by atoms with van der Waals surface area (Å²) in [6, 6.07) is 9.99. The molecule has 0 spiro atoms. The Kier molecular flexibility index (Phi) is 4.94. The Hall–Kier alpha value is -2.22. The zero-order valence-corrected chi connectivity index (χ0v) is 14.4. The van der Waals surface area contributed by atoms with Gasteiger partial charge in [-0.05, 0) is 48.6 Å². The first-order valence-electron chi connectivity index (χ1n) is 6.75. The number of anilines is 1. The minimum Gasteiger partial charge on any atom is -0.454 e. The third kappa shape index (κ3) is 3.81. The van der Waals surface area contributed by atoms with E-state index in [0.717, 1.165) is 5.69 Å². The fourth-order valence-corrected chi connectivity index (χ4v) is 2.54. The topological polar surface area (TPSA) is 71.6 Å². The van der Waals surface area contributed by atoms with Crippen LogP contribution in [0.4, 0.5) is 5.69 Å². The number of halogens is 2. The molecule has 1 amide bonds. The van der Waals surface area contributed by atoms with Gasteiger partial charge in [-0.25, -0.2) is 0 Å². The van der Waals surface area contributed by atoms with Gasteiger partial charge in [0.25, 0.3) is 5.91 Å². The Morgan fingerprint density at radius 3 is 2.58 bits per heavy atom. The Morgan fingerprint density at radius 2 is 1.83 bits per heavy atom. The molecule has 0 aromatic heterocycles. The monoisotopic (exact) mass is 383 g/mol. The molecule has 1 heterocycles. The summed E-state index contributed by atoms with van der Waals surface area (Å²) in [7, 11) is 0. The molecule has 0 unspecified atom stereocenters. The maximum absolute atomic E-state index is 12.2. The van der Waals surface area contributed by atoms with Gasteiger partial charge in [0.2, 0.25) is 6.79 Å². The molecule has 0 fully saturated rings. The zero-order valence-electron chi connectivity index (χ0n) is 12.1. The van der Waals surface area contributed by atoms with Gasteiger partial charge in [0, 0.05) is 16.3 Å². The second-order valence-electron chi connectivity index (χ2n) is 4.73.